The van der Waals surface area contributed by atoms with Crippen molar-refractivity contribution in [2.24, 2.45) is 0 Å². The zero-order valence-electron chi connectivity index (χ0n) is 27.6. The third-order valence-corrected chi connectivity index (χ3v) is 10.8. The van der Waals surface area contributed by atoms with Crippen LogP contribution < -0.4 is 0 Å². The van der Waals surface area contributed by atoms with Crippen LogP contribution in [0.4, 0.5) is 0 Å². The Kier molecular flexibility index (Phi) is 6.98. The SMILES string of the molecule is N#Cc1ccc(-c2nc(-c3ccccc3)nc(-c3cccc(-c4ccc5c(c4)oc4c(-c6cccc7c6sc6ccccc67)cccc45)c3)n2)cc1. The summed E-state index contributed by atoms with van der Waals surface area (Å²) >= 11 is 1.83. The van der Waals surface area contributed by atoms with Crippen molar-refractivity contribution in [3.63, 3.8) is 0 Å². The number of hydrogen-bond donors (Lipinski definition) is 0. The summed E-state index contributed by atoms with van der Waals surface area (Å²) in [4.78, 5) is 14.7. The molecular formula is C46H26N4OS. The van der Waals surface area contributed by atoms with E-state index >= 15 is 0 Å². The molecule has 0 saturated heterocycles. The van der Waals surface area contributed by atoms with Crippen LogP contribution in [-0.2, 0) is 0 Å². The second kappa shape index (κ2) is 12.1. The van der Waals surface area contributed by atoms with Gasteiger partial charge in [-0.2, -0.15) is 5.26 Å². The number of nitriles is 1. The fourth-order valence-corrected chi connectivity index (χ4v) is 8.26. The first kappa shape index (κ1) is 29.9. The van der Waals surface area contributed by atoms with Gasteiger partial charge in [-0.1, -0.05) is 109 Å². The summed E-state index contributed by atoms with van der Waals surface area (Å²) in [5, 5.41) is 14.1. The Balaban J connectivity index is 1.07. The van der Waals surface area contributed by atoms with E-state index in [1.165, 1.54) is 25.7 Å². The fourth-order valence-electron chi connectivity index (χ4n) is 7.03. The highest BCUT2D eigenvalue weighted by molar-refractivity contribution is 7.26. The topological polar surface area (TPSA) is 75.6 Å². The van der Waals surface area contributed by atoms with E-state index in [2.05, 4.69) is 97.1 Å². The van der Waals surface area contributed by atoms with Crippen LogP contribution >= 0.6 is 11.3 Å². The third-order valence-electron chi connectivity index (χ3n) is 9.59. The molecule has 3 heterocycles. The first-order valence-corrected chi connectivity index (χ1v) is 17.8. The lowest BCUT2D eigenvalue weighted by Crippen LogP contribution is -2.00. The maximum Gasteiger partial charge on any atom is 0.164 e. The van der Waals surface area contributed by atoms with Crippen molar-refractivity contribution >= 4 is 53.4 Å². The van der Waals surface area contributed by atoms with Crippen molar-refractivity contribution in [3.8, 4) is 62.5 Å². The number of nitrogens with zero attached hydrogens (tertiary/aromatic N) is 4. The Bertz CT molecular complexity index is 3030. The van der Waals surface area contributed by atoms with E-state index in [0.717, 1.165) is 55.3 Å². The molecule has 0 spiro atoms. The average molecular weight is 683 g/mol. The molecule has 6 heteroatoms. The molecule has 0 amide bonds. The van der Waals surface area contributed by atoms with Gasteiger partial charge in [0.25, 0.3) is 0 Å². The molecule has 10 aromatic rings. The molecule has 0 unspecified atom stereocenters. The van der Waals surface area contributed by atoms with Crippen LogP contribution in [0.2, 0.25) is 0 Å². The summed E-state index contributed by atoms with van der Waals surface area (Å²) in [5.74, 6) is 1.70. The lowest BCUT2D eigenvalue weighted by atomic mass is 9.99. The molecule has 0 aliphatic carbocycles. The number of aromatic nitrogens is 3. The van der Waals surface area contributed by atoms with E-state index in [1.807, 2.05) is 65.9 Å². The molecule has 0 N–H and O–H groups in total. The predicted octanol–water partition coefficient (Wildman–Crippen LogP) is 12.3. The minimum atomic E-state index is 0.546. The number of rotatable bonds is 5. The molecule has 0 atom stereocenters. The van der Waals surface area contributed by atoms with E-state index in [9.17, 15) is 5.26 Å². The Labute approximate surface area is 302 Å². The smallest absolute Gasteiger partial charge is 0.164 e. The molecule has 0 aliphatic rings. The van der Waals surface area contributed by atoms with Gasteiger partial charge in [-0.05, 0) is 59.7 Å². The quantitative estimate of drug-likeness (QED) is 0.181. The maximum atomic E-state index is 9.32. The van der Waals surface area contributed by atoms with Crippen LogP contribution in [0, 0.1) is 11.3 Å². The standard InChI is InChI=1S/C46H26N4OS/c47-27-28-19-21-30(22-20-28)45-48-44(29-9-2-1-3-10-29)49-46(50-45)33-12-6-11-31(25-33)32-23-24-34-36-14-7-15-37(42(36)51-40(34)26-32)39-17-8-16-38-35-13-4-5-18-41(35)52-43(38)39/h1-26H. The Morgan fingerprint density at radius 2 is 1.06 bits per heavy atom. The van der Waals surface area contributed by atoms with Gasteiger partial charge in [-0.3, -0.25) is 0 Å². The predicted molar refractivity (Wildman–Crippen MR) is 212 cm³/mol. The van der Waals surface area contributed by atoms with Gasteiger partial charge in [-0.25, -0.2) is 15.0 Å². The molecule has 10 rings (SSSR count). The molecule has 0 aliphatic heterocycles. The summed E-state index contributed by atoms with van der Waals surface area (Å²) in [6.07, 6.45) is 0. The van der Waals surface area contributed by atoms with Gasteiger partial charge >= 0.3 is 0 Å². The Hall–Kier alpha value is -6.94. The van der Waals surface area contributed by atoms with E-state index < -0.39 is 0 Å². The third kappa shape index (κ3) is 5.03. The minimum absolute atomic E-state index is 0.546. The maximum absolute atomic E-state index is 9.32. The summed E-state index contributed by atoms with van der Waals surface area (Å²) in [6.45, 7) is 0. The molecular weight excluding hydrogens is 657 g/mol. The second-order valence-electron chi connectivity index (χ2n) is 12.7. The second-order valence-corrected chi connectivity index (χ2v) is 13.8. The largest absolute Gasteiger partial charge is 0.455 e. The molecule has 0 radical (unpaired) electrons. The molecule has 7 aromatic carbocycles. The van der Waals surface area contributed by atoms with Crippen LogP contribution in [-0.4, -0.2) is 15.0 Å². The van der Waals surface area contributed by atoms with Gasteiger partial charge < -0.3 is 4.42 Å². The highest BCUT2D eigenvalue weighted by Crippen LogP contribution is 2.44. The molecule has 3 aromatic heterocycles. The zero-order valence-corrected chi connectivity index (χ0v) is 28.4. The molecule has 5 nitrogen and oxygen atoms in total. The number of benzene rings is 7. The first-order chi connectivity index (χ1) is 25.7. The lowest BCUT2D eigenvalue weighted by molar-refractivity contribution is 0.670. The van der Waals surface area contributed by atoms with Crippen molar-refractivity contribution in [1.82, 2.24) is 15.0 Å². The zero-order chi connectivity index (χ0) is 34.6. The van der Waals surface area contributed by atoms with Crippen LogP contribution in [0.1, 0.15) is 5.56 Å². The summed E-state index contributed by atoms with van der Waals surface area (Å²) in [6, 6.07) is 55.7. The van der Waals surface area contributed by atoms with Crippen molar-refractivity contribution in [1.29, 1.82) is 5.26 Å². The molecule has 0 saturated carbocycles. The summed E-state index contributed by atoms with van der Waals surface area (Å²) < 4.78 is 9.29. The van der Waals surface area contributed by atoms with Gasteiger partial charge in [0.15, 0.2) is 17.5 Å². The van der Waals surface area contributed by atoms with Crippen molar-refractivity contribution in [2.45, 2.75) is 0 Å². The average Bonchev–Trinajstić information content (AvgIpc) is 3.79. The minimum Gasteiger partial charge on any atom is -0.455 e. The van der Waals surface area contributed by atoms with Crippen molar-refractivity contribution in [3.05, 3.63) is 163 Å². The van der Waals surface area contributed by atoms with Gasteiger partial charge in [-0.15, -0.1) is 11.3 Å². The highest BCUT2D eigenvalue weighted by Gasteiger charge is 2.18. The van der Waals surface area contributed by atoms with E-state index in [1.54, 1.807) is 12.1 Å². The first-order valence-electron chi connectivity index (χ1n) is 17.0. The normalized spacial score (nSPS) is 11.4. The van der Waals surface area contributed by atoms with E-state index in [0.29, 0.717) is 23.0 Å². The number of furan rings is 1. The number of fused-ring (bicyclic) bond motifs is 6. The van der Waals surface area contributed by atoms with Crippen LogP contribution in [0.15, 0.2) is 162 Å². The van der Waals surface area contributed by atoms with E-state index in [4.69, 9.17) is 19.4 Å². The van der Waals surface area contributed by atoms with Crippen LogP contribution in [0.3, 0.4) is 0 Å². The summed E-state index contributed by atoms with van der Waals surface area (Å²) in [5.41, 5.74) is 9.23. The molecule has 0 bridgehead atoms. The monoisotopic (exact) mass is 682 g/mol. The highest BCUT2D eigenvalue weighted by atomic mass is 32.1. The van der Waals surface area contributed by atoms with Gasteiger partial charge in [0.2, 0.25) is 0 Å². The Morgan fingerprint density at radius 1 is 0.462 bits per heavy atom. The number of thiophene rings is 1. The summed E-state index contributed by atoms with van der Waals surface area (Å²) in [7, 11) is 0. The fraction of sp³-hybridized carbons (Fsp3) is 0. The molecule has 242 valence electrons. The molecule has 52 heavy (non-hydrogen) atoms. The van der Waals surface area contributed by atoms with Gasteiger partial charge in [0.1, 0.15) is 11.2 Å². The molecule has 0 fully saturated rings. The van der Waals surface area contributed by atoms with Crippen LogP contribution in [0.5, 0.6) is 0 Å². The van der Waals surface area contributed by atoms with Crippen molar-refractivity contribution < 1.29 is 4.42 Å². The van der Waals surface area contributed by atoms with Gasteiger partial charge in [0.05, 0.1) is 11.6 Å². The Morgan fingerprint density at radius 3 is 1.87 bits per heavy atom. The van der Waals surface area contributed by atoms with Crippen LogP contribution in [0.25, 0.3) is 98.5 Å². The number of hydrogen-bond acceptors (Lipinski definition) is 6. The van der Waals surface area contributed by atoms with Crippen molar-refractivity contribution in [2.75, 3.05) is 0 Å². The lowest BCUT2D eigenvalue weighted by Gasteiger charge is -2.10. The van der Waals surface area contributed by atoms with Gasteiger partial charge in [0, 0.05) is 58.8 Å². The van der Waals surface area contributed by atoms with E-state index in [-0.39, 0.29) is 0 Å². The number of para-hydroxylation sites is 1.